The number of likely N-dealkylation sites (N-methyl/N-ethyl adjacent to an activating group) is 1. The molecule has 1 aliphatic rings. The van der Waals surface area contributed by atoms with E-state index in [4.69, 9.17) is 0 Å². The number of rotatable bonds is 6. The van der Waals surface area contributed by atoms with E-state index in [2.05, 4.69) is 0 Å². The van der Waals surface area contributed by atoms with Crippen molar-refractivity contribution < 1.29 is 26.4 Å². The molecule has 1 unspecified atom stereocenters. The minimum absolute atomic E-state index is 0.0142. The molecule has 1 saturated heterocycles. The van der Waals surface area contributed by atoms with Crippen LogP contribution in [0.2, 0.25) is 0 Å². The van der Waals surface area contributed by atoms with Crippen LogP contribution >= 0.6 is 0 Å². The average molecular weight is 406 g/mol. The highest BCUT2D eigenvalue weighted by atomic mass is 32.2. The second kappa shape index (κ2) is 8.60. The number of carbonyl (C=O) groups excluding carboxylic acids is 1. The molecule has 1 amide bonds. The van der Waals surface area contributed by atoms with E-state index in [1.165, 1.54) is 34.5 Å². The Morgan fingerprint density at radius 2 is 1.93 bits per heavy atom. The van der Waals surface area contributed by atoms with Crippen LogP contribution in [0.4, 0.5) is 13.2 Å². The van der Waals surface area contributed by atoms with Crippen molar-refractivity contribution in [3.05, 3.63) is 35.4 Å². The summed E-state index contributed by atoms with van der Waals surface area (Å²) in [7, 11) is -2.15. The first-order valence-electron chi connectivity index (χ1n) is 8.97. The van der Waals surface area contributed by atoms with E-state index >= 15 is 0 Å². The fourth-order valence-electron chi connectivity index (χ4n) is 3.38. The van der Waals surface area contributed by atoms with E-state index in [0.29, 0.717) is 25.7 Å². The summed E-state index contributed by atoms with van der Waals surface area (Å²) in [5, 5.41) is 0. The molecule has 0 N–H and O–H groups in total. The van der Waals surface area contributed by atoms with Gasteiger partial charge in [0.2, 0.25) is 15.9 Å². The Kier molecular flexibility index (Phi) is 6.91. The number of benzene rings is 1. The molecule has 0 spiro atoms. The van der Waals surface area contributed by atoms with Gasteiger partial charge in [-0.2, -0.15) is 17.5 Å². The molecule has 5 nitrogen and oxygen atoms in total. The van der Waals surface area contributed by atoms with Crippen LogP contribution in [-0.4, -0.2) is 48.9 Å². The Labute approximate surface area is 158 Å². The Morgan fingerprint density at radius 1 is 1.26 bits per heavy atom. The number of carbonyl (C=O) groups is 1. The summed E-state index contributed by atoms with van der Waals surface area (Å²) < 4.78 is 65.7. The molecule has 1 aromatic carbocycles. The molecule has 0 saturated carbocycles. The molecular weight excluding hydrogens is 381 g/mol. The highest BCUT2D eigenvalue weighted by Crippen LogP contribution is 2.32. The topological polar surface area (TPSA) is 57.7 Å². The number of hydrogen-bond acceptors (Lipinski definition) is 3. The van der Waals surface area contributed by atoms with Crippen LogP contribution in [0, 0.1) is 0 Å². The molecule has 0 radical (unpaired) electrons. The fourth-order valence-corrected chi connectivity index (χ4v) is 5.12. The van der Waals surface area contributed by atoms with Crippen LogP contribution in [0.15, 0.2) is 24.3 Å². The number of hydrogen-bond donors (Lipinski definition) is 0. The number of halogens is 3. The fraction of sp³-hybridized carbons (Fsp3) is 0.611. The lowest BCUT2D eigenvalue weighted by Gasteiger charge is -2.36. The summed E-state index contributed by atoms with van der Waals surface area (Å²) in [6, 6.07) is 4.25. The predicted octanol–water partition coefficient (Wildman–Crippen LogP) is 3.26. The van der Waals surface area contributed by atoms with Gasteiger partial charge in [0.15, 0.2) is 0 Å². The molecule has 27 heavy (non-hydrogen) atoms. The number of amides is 1. The Balaban J connectivity index is 2.21. The molecule has 152 valence electrons. The first-order valence-corrected chi connectivity index (χ1v) is 10.6. The maximum absolute atomic E-state index is 13.2. The summed E-state index contributed by atoms with van der Waals surface area (Å²) >= 11 is 0. The number of piperidine rings is 1. The highest BCUT2D eigenvalue weighted by Gasteiger charge is 2.38. The quantitative estimate of drug-likeness (QED) is 0.729. The van der Waals surface area contributed by atoms with Gasteiger partial charge in [0.25, 0.3) is 0 Å². The van der Waals surface area contributed by atoms with Crippen LogP contribution in [-0.2, 0) is 27.5 Å². The lowest BCUT2D eigenvalue weighted by molar-refractivity contribution is -0.140. The van der Waals surface area contributed by atoms with Crippen molar-refractivity contribution in [3.8, 4) is 0 Å². The lowest BCUT2D eigenvalue weighted by Crippen LogP contribution is -2.52. The monoisotopic (exact) mass is 406 g/mol. The van der Waals surface area contributed by atoms with E-state index in [1.807, 2.05) is 0 Å². The van der Waals surface area contributed by atoms with Gasteiger partial charge in [-0.15, -0.1) is 0 Å². The van der Waals surface area contributed by atoms with Crippen LogP contribution in [0.25, 0.3) is 0 Å². The van der Waals surface area contributed by atoms with Gasteiger partial charge in [0.05, 0.1) is 11.3 Å². The van der Waals surface area contributed by atoms with Crippen molar-refractivity contribution >= 4 is 15.9 Å². The van der Waals surface area contributed by atoms with Gasteiger partial charge < -0.3 is 4.90 Å². The molecule has 1 atom stereocenters. The van der Waals surface area contributed by atoms with Gasteiger partial charge in [0, 0.05) is 20.1 Å². The van der Waals surface area contributed by atoms with Gasteiger partial charge in [-0.25, -0.2) is 8.42 Å². The molecule has 1 heterocycles. The smallest absolute Gasteiger partial charge is 0.340 e. The van der Waals surface area contributed by atoms with E-state index in [-0.39, 0.29) is 24.4 Å². The summed E-state index contributed by atoms with van der Waals surface area (Å²) in [4.78, 5) is 14.1. The summed E-state index contributed by atoms with van der Waals surface area (Å²) in [6.07, 6.45) is -2.31. The van der Waals surface area contributed by atoms with Crippen molar-refractivity contribution in [2.75, 3.05) is 19.3 Å². The standard InChI is InChI=1S/C18H25F3N2O3S/c1-3-12-27(25,26)23-11-7-6-10-16(23)17(24)22(2)13-14-8-4-5-9-15(14)18(19,20)21/h4-5,8-9,16H,3,6-7,10-13H2,1-2H3. The lowest BCUT2D eigenvalue weighted by atomic mass is 10.0. The zero-order valence-electron chi connectivity index (χ0n) is 15.5. The van der Waals surface area contributed by atoms with Gasteiger partial charge in [-0.3, -0.25) is 4.79 Å². The molecular formula is C18H25F3N2O3S. The number of nitrogens with zero attached hydrogens (tertiary/aromatic N) is 2. The predicted molar refractivity (Wildman–Crippen MR) is 96.3 cm³/mol. The number of sulfonamides is 1. The van der Waals surface area contributed by atoms with Crippen molar-refractivity contribution in [1.82, 2.24) is 9.21 Å². The van der Waals surface area contributed by atoms with Crippen LogP contribution in [0.3, 0.4) is 0 Å². The number of alkyl halides is 3. The molecule has 1 aliphatic heterocycles. The van der Waals surface area contributed by atoms with Crippen molar-refractivity contribution in [3.63, 3.8) is 0 Å². The Morgan fingerprint density at radius 3 is 2.56 bits per heavy atom. The van der Waals surface area contributed by atoms with Crippen molar-refractivity contribution in [1.29, 1.82) is 0 Å². The third kappa shape index (κ3) is 5.22. The summed E-state index contributed by atoms with van der Waals surface area (Å²) in [5.41, 5.74) is -0.802. The first-order chi connectivity index (χ1) is 12.6. The van der Waals surface area contributed by atoms with Gasteiger partial charge in [-0.05, 0) is 30.9 Å². The van der Waals surface area contributed by atoms with E-state index in [1.54, 1.807) is 6.92 Å². The third-order valence-corrected chi connectivity index (χ3v) is 6.74. The molecule has 1 fully saturated rings. The summed E-state index contributed by atoms with van der Waals surface area (Å²) in [5.74, 6) is -0.511. The molecule has 1 aromatic rings. The third-order valence-electron chi connectivity index (χ3n) is 4.66. The molecule has 0 aliphatic carbocycles. The maximum atomic E-state index is 13.2. The zero-order valence-corrected chi connectivity index (χ0v) is 16.3. The van der Waals surface area contributed by atoms with Gasteiger partial charge >= 0.3 is 6.18 Å². The summed E-state index contributed by atoms with van der Waals surface area (Å²) in [6.45, 7) is 1.79. The van der Waals surface area contributed by atoms with Crippen LogP contribution in [0.1, 0.15) is 43.7 Å². The van der Waals surface area contributed by atoms with Crippen molar-refractivity contribution in [2.24, 2.45) is 0 Å². The molecule has 0 aromatic heterocycles. The van der Waals surface area contributed by atoms with Crippen molar-refractivity contribution in [2.45, 2.75) is 51.4 Å². The second-order valence-electron chi connectivity index (χ2n) is 6.79. The first kappa shape index (κ1) is 21.7. The Bertz CT molecular complexity index is 765. The van der Waals surface area contributed by atoms with E-state index in [0.717, 1.165) is 6.07 Å². The zero-order chi connectivity index (χ0) is 20.2. The maximum Gasteiger partial charge on any atom is 0.416 e. The normalized spacial score (nSPS) is 19.1. The molecule has 0 bridgehead atoms. The van der Waals surface area contributed by atoms with E-state index < -0.39 is 33.7 Å². The largest absolute Gasteiger partial charge is 0.416 e. The van der Waals surface area contributed by atoms with Gasteiger partial charge in [-0.1, -0.05) is 31.5 Å². The minimum Gasteiger partial charge on any atom is -0.340 e. The minimum atomic E-state index is -4.51. The molecule has 2 rings (SSSR count). The van der Waals surface area contributed by atoms with Gasteiger partial charge in [0.1, 0.15) is 6.04 Å². The van der Waals surface area contributed by atoms with E-state index in [9.17, 15) is 26.4 Å². The Hall–Kier alpha value is -1.61. The van der Waals surface area contributed by atoms with Crippen LogP contribution in [0.5, 0.6) is 0 Å². The average Bonchev–Trinajstić information content (AvgIpc) is 2.60. The second-order valence-corrected chi connectivity index (χ2v) is 8.83. The SMILES string of the molecule is CCCS(=O)(=O)N1CCCCC1C(=O)N(C)Cc1ccccc1C(F)(F)F. The molecule has 9 heteroatoms. The highest BCUT2D eigenvalue weighted by molar-refractivity contribution is 7.89. The van der Waals surface area contributed by atoms with Crippen LogP contribution < -0.4 is 0 Å².